The van der Waals surface area contributed by atoms with Crippen LogP contribution in [0.2, 0.25) is 0 Å². The van der Waals surface area contributed by atoms with Crippen molar-refractivity contribution in [2.45, 2.75) is 26.4 Å². The number of hydrogen-bond donors (Lipinski definition) is 3. The van der Waals surface area contributed by atoms with Crippen LogP contribution in [0.25, 0.3) is 0 Å². The predicted molar refractivity (Wildman–Crippen MR) is 73.6 cm³/mol. The van der Waals surface area contributed by atoms with Crippen molar-refractivity contribution in [1.82, 2.24) is 5.32 Å². The Morgan fingerprint density at radius 3 is 2.80 bits per heavy atom. The molecule has 2 amide bonds. The van der Waals surface area contributed by atoms with E-state index < -0.39 is 18.0 Å². The SMILES string of the molecule is CC(C)CC(O)CNC(=O)Nc1ccc(F)cc1C#N. The lowest BCUT2D eigenvalue weighted by molar-refractivity contribution is 0.148. The van der Waals surface area contributed by atoms with E-state index in [-0.39, 0.29) is 17.8 Å². The quantitative estimate of drug-likeness (QED) is 0.772. The van der Waals surface area contributed by atoms with E-state index in [2.05, 4.69) is 10.6 Å². The normalized spacial score (nSPS) is 11.8. The smallest absolute Gasteiger partial charge is 0.319 e. The molecule has 0 aliphatic carbocycles. The molecule has 1 rings (SSSR count). The molecule has 1 unspecified atom stereocenters. The number of aliphatic hydroxyl groups excluding tert-OH is 1. The molecule has 20 heavy (non-hydrogen) atoms. The summed E-state index contributed by atoms with van der Waals surface area (Å²) >= 11 is 0. The number of anilines is 1. The second-order valence-corrected chi connectivity index (χ2v) is 4.92. The van der Waals surface area contributed by atoms with Gasteiger partial charge in [0.05, 0.1) is 17.4 Å². The monoisotopic (exact) mass is 279 g/mol. The molecule has 1 aromatic rings. The van der Waals surface area contributed by atoms with Crippen LogP contribution in [0, 0.1) is 23.1 Å². The van der Waals surface area contributed by atoms with Crippen LogP contribution in [0.15, 0.2) is 18.2 Å². The molecule has 0 aliphatic rings. The number of amides is 2. The Hall–Kier alpha value is -2.13. The van der Waals surface area contributed by atoms with Gasteiger partial charge in [0.15, 0.2) is 0 Å². The van der Waals surface area contributed by atoms with E-state index in [0.717, 1.165) is 12.1 Å². The summed E-state index contributed by atoms with van der Waals surface area (Å²) in [6, 6.07) is 4.77. The number of rotatable bonds is 5. The average molecular weight is 279 g/mol. The van der Waals surface area contributed by atoms with Gasteiger partial charge in [-0.2, -0.15) is 5.26 Å². The van der Waals surface area contributed by atoms with E-state index in [4.69, 9.17) is 5.26 Å². The molecule has 0 heterocycles. The topological polar surface area (TPSA) is 85.2 Å². The molecular formula is C14H18FN3O2. The number of urea groups is 1. The van der Waals surface area contributed by atoms with Gasteiger partial charge in [-0.3, -0.25) is 0 Å². The summed E-state index contributed by atoms with van der Waals surface area (Å²) in [4.78, 5) is 11.6. The van der Waals surface area contributed by atoms with Crippen molar-refractivity contribution in [2.75, 3.05) is 11.9 Å². The van der Waals surface area contributed by atoms with Crippen molar-refractivity contribution in [3.8, 4) is 6.07 Å². The predicted octanol–water partition coefficient (Wildman–Crippen LogP) is 2.23. The van der Waals surface area contributed by atoms with Gasteiger partial charge in [-0.25, -0.2) is 9.18 Å². The zero-order valence-corrected chi connectivity index (χ0v) is 11.5. The molecule has 1 aromatic carbocycles. The molecular weight excluding hydrogens is 261 g/mol. The highest BCUT2D eigenvalue weighted by atomic mass is 19.1. The van der Waals surface area contributed by atoms with Crippen molar-refractivity contribution in [3.63, 3.8) is 0 Å². The van der Waals surface area contributed by atoms with Crippen molar-refractivity contribution in [3.05, 3.63) is 29.6 Å². The maximum atomic E-state index is 12.9. The Morgan fingerprint density at radius 2 is 2.20 bits per heavy atom. The first kappa shape index (κ1) is 15.9. The van der Waals surface area contributed by atoms with Crippen LogP contribution in [-0.2, 0) is 0 Å². The molecule has 0 aliphatic heterocycles. The highest BCUT2D eigenvalue weighted by Crippen LogP contribution is 2.15. The van der Waals surface area contributed by atoms with Gasteiger partial charge in [0.1, 0.15) is 11.9 Å². The standard InChI is InChI=1S/C14H18FN3O2/c1-9(2)5-12(19)8-17-14(20)18-13-4-3-11(15)6-10(13)7-16/h3-4,6,9,12,19H,5,8H2,1-2H3,(H2,17,18,20). The van der Waals surface area contributed by atoms with Crippen molar-refractivity contribution < 1.29 is 14.3 Å². The lowest BCUT2D eigenvalue weighted by Gasteiger charge is -2.14. The van der Waals surface area contributed by atoms with Crippen LogP contribution >= 0.6 is 0 Å². The first-order valence-corrected chi connectivity index (χ1v) is 6.35. The molecule has 0 bridgehead atoms. The van der Waals surface area contributed by atoms with Gasteiger partial charge in [-0.1, -0.05) is 13.8 Å². The van der Waals surface area contributed by atoms with Gasteiger partial charge in [0.25, 0.3) is 0 Å². The van der Waals surface area contributed by atoms with Crippen LogP contribution < -0.4 is 10.6 Å². The minimum Gasteiger partial charge on any atom is -0.391 e. The lowest BCUT2D eigenvalue weighted by atomic mass is 10.1. The van der Waals surface area contributed by atoms with Crippen molar-refractivity contribution in [1.29, 1.82) is 5.26 Å². The summed E-state index contributed by atoms with van der Waals surface area (Å²) in [5, 5.41) is 23.4. The third-order valence-electron chi connectivity index (χ3n) is 2.59. The van der Waals surface area contributed by atoms with E-state index in [1.54, 1.807) is 6.07 Å². The molecule has 3 N–H and O–H groups in total. The Morgan fingerprint density at radius 1 is 1.50 bits per heavy atom. The minimum absolute atomic E-state index is 0.0443. The zero-order chi connectivity index (χ0) is 15.1. The van der Waals surface area contributed by atoms with Gasteiger partial charge in [0, 0.05) is 6.54 Å². The number of carbonyl (C=O) groups excluding carboxylic acids is 1. The Balaban J connectivity index is 2.53. The van der Waals surface area contributed by atoms with E-state index in [0.29, 0.717) is 12.3 Å². The van der Waals surface area contributed by atoms with E-state index in [9.17, 15) is 14.3 Å². The maximum Gasteiger partial charge on any atom is 0.319 e. The second kappa shape index (κ2) is 7.46. The number of hydrogen-bond acceptors (Lipinski definition) is 3. The molecule has 6 heteroatoms. The molecule has 0 saturated heterocycles. The third kappa shape index (κ3) is 5.24. The van der Waals surface area contributed by atoms with Crippen LogP contribution in [-0.4, -0.2) is 23.8 Å². The number of halogens is 1. The fourth-order valence-electron chi connectivity index (χ4n) is 1.72. The summed E-state index contributed by atoms with van der Waals surface area (Å²) in [7, 11) is 0. The lowest BCUT2D eigenvalue weighted by Crippen LogP contribution is -2.35. The van der Waals surface area contributed by atoms with Crippen LogP contribution in [0.5, 0.6) is 0 Å². The molecule has 0 saturated carbocycles. The zero-order valence-electron chi connectivity index (χ0n) is 11.5. The first-order valence-electron chi connectivity index (χ1n) is 6.35. The number of nitrogens with zero attached hydrogens (tertiary/aromatic N) is 1. The molecule has 108 valence electrons. The molecule has 0 radical (unpaired) electrons. The minimum atomic E-state index is -0.621. The maximum absolute atomic E-state index is 12.9. The summed E-state index contributed by atoms with van der Waals surface area (Å²) < 4.78 is 12.9. The first-order chi connectivity index (χ1) is 9.42. The van der Waals surface area contributed by atoms with Crippen LogP contribution in [0.3, 0.4) is 0 Å². The van der Waals surface area contributed by atoms with Crippen molar-refractivity contribution in [2.24, 2.45) is 5.92 Å². The Labute approximate surface area is 117 Å². The van der Waals surface area contributed by atoms with E-state index >= 15 is 0 Å². The molecule has 0 fully saturated rings. The molecule has 1 atom stereocenters. The summed E-state index contributed by atoms with van der Waals surface area (Å²) in [5.74, 6) is -0.211. The van der Waals surface area contributed by atoms with Gasteiger partial charge >= 0.3 is 6.03 Å². The number of nitrogens with one attached hydrogen (secondary N) is 2. The Bertz CT molecular complexity index is 512. The number of benzene rings is 1. The third-order valence-corrected chi connectivity index (χ3v) is 2.59. The summed E-state index contributed by atoms with van der Waals surface area (Å²) in [6.07, 6.45) is -0.0373. The number of nitriles is 1. The molecule has 0 aromatic heterocycles. The summed E-state index contributed by atoms with van der Waals surface area (Å²) in [5.41, 5.74) is 0.271. The van der Waals surface area contributed by atoms with Crippen LogP contribution in [0.1, 0.15) is 25.8 Å². The highest BCUT2D eigenvalue weighted by molar-refractivity contribution is 5.90. The van der Waals surface area contributed by atoms with E-state index in [1.165, 1.54) is 6.07 Å². The van der Waals surface area contributed by atoms with Gasteiger partial charge in [-0.15, -0.1) is 0 Å². The second-order valence-electron chi connectivity index (χ2n) is 4.92. The highest BCUT2D eigenvalue weighted by Gasteiger charge is 2.11. The van der Waals surface area contributed by atoms with Crippen molar-refractivity contribution >= 4 is 11.7 Å². The number of aliphatic hydroxyl groups is 1. The van der Waals surface area contributed by atoms with Crippen LogP contribution in [0.4, 0.5) is 14.9 Å². The van der Waals surface area contributed by atoms with Gasteiger partial charge in [0.2, 0.25) is 0 Å². The van der Waals surface area contributed by atoms with Gasteiger partial charge < -0.3 is 15.7 Å². The van der Waals surface area contributed by atoms with Gasteiger partial charge in [-0.05, 0) is 30.5 Å². The van der Waals surface area contributed by atoms with E-state index in [1.807, 2.05) is 13.8 Å². The number of carbonyl (C=O) groups is 1. The Kier molecular flexibility index (Phi) is 5.94. The largest absolute Gasteiger partial charge is 0.391 e. The summed E-state index contributed by atoms with van der Waals surface area (Å²) in [6.45, 7) is 4.06. The average Bonchev–Trinajstić information content (AvgIpc) is 2.37. The fraction of sp³-hybridized carbons (Fsp3) is 0.429. The fourth-order valence-corrected chi connectivity index (χ4v) is 1.72. The molecule has 0 spiro atoms. The molecule has 5 nitrogen and oxygen atoms in total.